The number of amides is 1. The summed E-state index contributed by atoms with van der Waals surface area (Å²) < 4.78 is 17.2. The highest BCUT2D eigenvalue weighted by Crippen LogP contribution is 2.23. The summed E-state index contributed by atoms with van der Waals surface area (Å²) in [5, 5.41) is 7.19. The van der Waals surface area contributed by atoms with Crippen molar-refractivity contribution in [3.8, 4) is 16.9 Å². The van der Waals surface area contributed by atoms with Gasteiger partial charge in [0, 0.05) is 24.1 Å². The van der Waals surface area contributed by atoms with Gasteiger partial charge in [0.1, 0.15) is 11.6 Å². The van der Waals surface area contributed by atoms with Gasteiger partial charge >= 0.3 is 0 Å². The van der Waals surface area contributed by atoms with Crippen molar-refractivity contribution in [3.63, 3.8) is 0 Å². The van der Waals surface area contributed by atoms with E-state index in [1.165, 1.54) is 12.1 Å². The Morgan fingerprint density at radius 1 is 0.967 bits per heavy atom. The minimum absolute atomic E-state index is 0.281. The van der Waals surface area contributed by atoms with Crippen molar-refractivity contribution in [1.29, 1.82) is 0 Å². The van der Waals surface area contributed by atoms with Crippen molar-refractivity contribution in [1.82, 2.24) is 19.2 Å². The number of hydrogen-bond donors (Lipinski definition) is 1. The number of nitrogens with zero attached hydrogens (tertiary/aromatic N) is 4. The van der Waals surface area contributed by atoms with Gasteiger partial charge in [0.25, 0.3) is 5.91 Å². The zero-order valence-corrected chi connectivity index (χ0v) is 15.7. The van der Waals surface area contributed by atoms with Crippen LogP contribution in [0.2, 0.25) is 0 Å². The van der Waals surface area contributed by atoms with Gasteiger partial charge in [0.2, 0.25) is 0 Å². The lowest BCUT2D eigenvalue weighted by Crippen LogP contribution is -2.13. The van der Waals surface area contributed by atoms with E-state index < -0.39 is 0 Å². The van der Waals surface area contributed by atoms with Crippen LogP contribution in [0.5, 0.6) is 0 Å². The van der Waals surface area contributed by atoms with Gasteiger partial charge in [0.05, 0.1) is 11.9 Å². The molecule has 5 aromatic rings. The molecule has 4 heterocycles. The molecule has 146 valence electrons. The first kappa shape index (κ1) is 17.8. The average Bonchev–Trinajstić information content (AvgIpc) is 3.41. The zero-order chi connectivity index (χ0) is 20.5. The molecule has 0 saturated carbocycles. The minimum Gasteiger partial charge on any atom is -0.319 e. The Morgan fingerprint density at radius 2 is 1.87 bits per heavy atom. The van der Waals surface area contributed by atoms with Gasteiger partial charge < -0.3 is 9.72 Å². The molecule has 7 heteroatoms. The number of carbonyl (C=O) groups excluding carboxylic acids is 1. The topological polar surface area (TPSA) is 64.2 Å². The van der Waals surface area contributed by atoms with E-state index in [0.717, 1.165) is 22.5 Å². The molecule has 0 spiro atoms. The molecule has 1 amide bonds. The van der Waals surface area contributed by atoms with Crippen LogP contribution in [0.15, 0.2) is 91.5 Å². The van der Waals surface area contributed by atoms with Gasteiger partial charge in [-0.05, 0) is 59.7 Å². The van der Waals surface area contributed by atoms with Crippen LogP contribution in [0.25, 0.3) is 22.5 Å². The number of aromatic nitrogens is 4. The van der Waals surface area contributed by atoms with Gasteiger partial charge in [0.15, 0.2) is 5.69 Å². The second-order valence-corrected chi connectivity index (χ2v) is 6.76. The Kier molecular flexibility index (Phi) is 4.33. The van der Waals surface area contributed by atoms with E-state index in [4.69, 9.17) is 0 Å². The maximum absolute atomic E-state index is 13.6. The molecule has 0 atom stereocenters. The second-order valence-electron chi connectivity index (χ2n) is 6.76. The molecular weight excluding hydrogens is 381 g/mol. The van der Waals surface area contributed by atoms with Gasteiger partial charge in [-0.3, -0.25) is 9.78 Å². The van der Waals surface area contributed by atoms with E-state index >= 15 is 0 Å². The fourth-order valence-corrected chi connectivity index (χ4v) is 3.32. The number of fused-ring (bicyclic) bond motifs is 1. The first-order valence-electron chi connectivity index (χ1n) is 9.32. The van der Waals surface area contributed by atoms with Crippen molar-refractivity contribution >= 4 is 17.1 Å². The number of hydrogen-bond acceptors (Lipinski definition) is 3. The largest absolute Gasteiger partial charge is 0.319 e. The summed E-state index contributed by atoms with van der Waals surface area (Å²) in [4.78, 5) is 16.5. The predicted octanol–water partition coefficient (Wildman–Crippen LogP) is 4.58. The second kappa shape index (κ2) is 7.29. The van der Waals surface area contributed by atoms with E-state index in [9.17, 15) is 9.18 Å². The summed E-state index contributed by atoms with van der Waals surface area (Å²) in [7, 11) is 0. The Bertz CT molecular complexity index is 1360. The Balaban J connectivity index is 1.48. The quantitative estimate of drug-likeness (QED) is 0.483. The minimum atomic E-state index is -0.317. The Morgan fingerprint density at radius 3 is 2.70 bits per heavy atom. The molecule has 0 radical (unpaired) electrons. The molecule has 0 unspecified atom stereocenters. The number of carbonyl (C=O) groups is 1. The van der Waals surface area contributed by atoms with E-state index in [1.807, 2.05) is 40.9 Å². The number of halogens is 1. The molecule has 6 nitrogen and oxygen atoms in total. The van der Waals surface area contributed by atoms with Crippen molar-refractivity contribution in [2.24, 2.45) is 0 Å². The highest BCUT2D eigenvalue weighted by Gasteiger charge is 2.13. The third kappa shape index (κ3) is 3.33. The Hall–Kier alpha value is -4.26. The smallest absolute Gasteiger partial charge is 0.276 e. The molecule has 1 N–H and O–H groups in total. The van der Waals surface area contributed by atoms with Crippen molar-refractivity contribution in [2.75, 3.05) is 5.32 Å². The molecule has 30 heavy (non-hydrogen) atoms. The number of nitrogens with one attached hydrogen (secondary N) is 1. The van der Waals surface area contributed by atoms with E-state index in [2.05, 4.69) is 15.4 Å². The highest BCUT2D eigenvalue weighted by molar-refractivity contribution is 6.02. The van der Waals surface area contributed by atoms with Gasteiger partial charge in [-0.15, -0.1) is 0 Å². The SMILES string of the molecule is O=C(Nc1cccnc1)c1ccn(-c2ccc3ccc(-c4cccc(F)c4)cn23)n1. The standard InChI is InChI=1S/C23H16FN5O/c24-18-4-1-3-16(13-18)17-6-7-20-8-9-22(28(20)15-17)29-12-10-21(27-29)23(30)26-19-5-2-11-25-14-19/h1-15H,(H,26,30). The van der Waals surface area contributed by atoms with E-state index in [0.29, 0.717) is 5.69 Å². The first-order chi connectivity index (χ1) is 14.7. The summed E-state index contributed by atoms with van der Waals surface area (Å²) in [5.41, 5.74) is 3.51. The van der Waals surface area contributed by atoms with Crippen LogP contribution < -0.4 is 5.32 Å². The average molecular weight is 397 g/mol. The summed E-state index contributed by atoms with van der Waals surface area (Å²) in [6.45, 7) is 0. The van der Waals surface area contributed by atoms with Crippen LogP contribution in [-0.4, -0.2) is 25.1 Å². The number of benzene rings is 1. The van der Waals surface area contributed by atoms with Crippen LogP contribution in [0.1, 0.15) is 10.5 Å². The summed E-state index contributed by atoms with van der Waals surface area (Å²) in [6.07, 6.45) is 6.87. The van der Waals surface area contributed by atoms with Crippen LogP contribution in [0, 0.1) is 5.82 Å². The molecule has 0 aliphatic rings. The van der Waals surface area contributed by atoms with Gasteiger partial charge in [-0.2, -0.15) is 5.10 Å². The Labute approximate surface area is 171 Å². The molecule has 1 aromatic carbocycles. The fraction of sp³-hybridized carbons (Fsp3) is 0. The lowest BCUT2D eigenvalue weighted by molar-refractivity contribution is 0.102. The molecule has 0 fully saturated rings. The molecule has 0 saturated heterocycles. The molecular formula is C23H16FN5O. The molecule has 0 aliphatic carbocycles. The third-order valence-electron chi connectivity index (χ3n) is 4.76. The number of rotatable bonds is 4. The number of pyridine rings is 2. The monoisotopic (exact) mass is 397 g/mol. The van der Waals surface area contributed by atoms with Crippen LogP contribution in [0.3, 0.4) is 0 Å². The normalized spacial score (nSPS) is 11.0. The molecule has 0 bridgehead atoms. The summed E-state index contributed by atoms with van der Waals surface area (Å²) in [6, 6.07) is 19.4. The van der Waals surface area contributed by atoms with Crippen LogP contribution >= 0.6 is 0 Å². The van der Waals surface area contributed by atoms with E-state index in [-0.39, 0.29) is 17.4 Å². The first-order valence-corrected chi connectivity index (χ1v) is 9.32. The molecule has 4 aromatic heterocycles. The van der Waals surface area contributed by atoms with Crippen LogP contribution in [-0.2, 0) is 0 Å². The van der Waals surface area contributed by atoms with Crippen molar-refractivity contribution < 1.29 is 9.18 Å². The fourth-order valence-electron chi connectivity index (χ4n) is 3.32. The lowest BCUT2D eigenvalue weighted by Gasteiger charge is -2.07. The lowest BCUT2D eigenvalue weighted by atomic mass is 10.1. The summed E-state index contributed by atoms with van der Waals surface area (Å²) >= 11 is 0. The van der Waals surface area contributed by atoms with Crippen LogP contribution in [0.4, 0.5) is 10.1 Å². The maximum atomic E-state index is 13.6. The highest BCUT2D eigenvalue weighted by atomic mass is 19.1. The van der Waals surface area contributed by atoms with E-state index in [1.54, 1.807) is 47.5 Å². The van der Waals surface area contributed by atoms with Gasteiger partial charge in [-0.25, -0.2) is 9.07 Å². The zero-order valence-electron chi connectivity index (χ0n) is 15.7. The maximum Gasteiger partial charge on any atom is 0.276 e. The van der Waals surface area contributed by atoms with Crippen molar-refractivity contribution in [2.45, 2.75) is 0 Å². The van der Waals surface area contributed by atoms with Crippen molar-refractivity contribution in [3.05, 3.63) is 103 Å². The third-order valence-corrected chi connectivity index (χ3v) is 4.76. The predicted molar refractivity (Wildman–Crippen MR) is 112 cm³/mol. The van der Waals surface area contributed by atoms with Gasteiger partial charge in [-0.1, -0.05) is 18.2 Å². The molecule has 0 aliphatic heterocycles. The molecule has 5 rings (SSSR count). The summed E-state index contributed by atoms with van der Waals surface area (Å²) in [5.74, 6) is 0.170. The number of anilines is 1.